The first-order valence-electron chi connectivity index (χ1n) is 7.44. The Morgan fingerprint density at radius 2 is 1.86 bits per heavy atom. The molecule has 0 spiro atoms. The molecule has 0 aliphatic carbocycles. The first-order valence-corrected chi connectivity index (χ1v) is 9.04. The van der Waals surface area contributed by atoms with E-state index in [0.717, 1.165) is 24.5 Å². The van der Waals surface area contributed by atoms with Crippen LogP contribution in [0, 0.1) is 0 Å². The number of hydrogen-bond donors (Lipinski definition) is 0. The summed E-state index contributed by atoms with van der Waals surface area (Å²) in [7, 11) is 2.25. The molecule has 0 aromatic heterocycles. The van der Waals surface area contributed by atoms with Gasteiger partial charge in [0.2, 0.25) is 10.0 Å². The minimum Gasteiger partial charge on any atom is -0.384 e. The van der Waals surface area contributed by atoms with E-state index in [1.165, 1.54) is 11.4 Å². The van der Waals surface area contributed by atoms with Gasteiger partial charge in [0.25, 0.3) is 0 Å². The van der Waals surface area contributed by atoms with Crippen molar-refractivity contribution < 1.29 is 13.2 Å². The minimum atomic E-state index is -3.34. The maximum absolute atomic E-state index is 12.5. The standard InChI is InChI=1S/C15H25N3O3S/c1-16(2)8-9-17-10-11-18(22(19,20)13-12-21-3)15-7-5-4-6-14(15)17/h4-7H,8-13H2,1-3H3. The van der Waals surface area contributed by atoms with E-state index in [9.17, 15) is 8.42 Å². The molecule has 1 aliphatic heterocycles. The van der Waals surface area contributed by atoms with E-state index in [-0.39, 0.29) is 12.4 Å². The van der Waals surface area contributed by atoms with Crippen molar-refractivity contribution in [1.29, 1.82) is 0 Å². The van der Waals surface area contributed by atoms with Gasteiger partial charge in [-0.05, 0) is 26.2 Å². The molecule has 0 saturated heterocycles. The van der Waals surface area contributed by atoms with E-state index in [1.807, 2.05) is 38.4 Å². The lowest BCUT2D eigenvalue weighted by Crippen LogP contribution is -2.46. The number of ether oxygens (including phenoxy) is 1. The van der Waals surface area contributed by atoms with Crippen molar-refractivity contribution in [2.75, 3.05) is 68.9 Å². The molecular weight excluding hydrogens is 302 g/mol. The lowest BCUT2D eigenvalue weighted by atomic mass is 10.2. The van der Waals surface area contributed by atoms with E-state index in [2.05, 4.69) is 9.80 Å². The van der Waals surface area contributed by atoms with Crippen LogP contribution in [0.1, 0.15) is 0 Å². The fourth-order valence-corrected chi connectivity index (χ4v) is 3.95. The molecule has 0 radical (unpaired) electrons. The molecule has 1 aliphatic rings. The van der Waals surface area contributed by atoms with Crippen LogP contribution in [-0.4, -0.2) is 73.1 Å². The Kier molecular flexibility index (Phi) is 5.66. The number of nitrogens with zero attached hydrogens (tertiary/aromatic N) is 3. The summed E-state index contributed by atoms with van der Waals surface area (Å²) in [6, 6.07) is 7.70. The third-order valence-electron chi connectivity index (χ3n) is 3.76. The molecule has 0 unspecified atom stereocenters. The number of likely N-dealkylation sites (N-methyl/N-ethyl adjacent to an activating group) is 1. The monoisotopic (exact) mass is 327 g/mol. The van der Waals surface area contributed by atoms with Gasteiger partial charge in [-0.25, -0.2) is 8.42 Å². The smallest absolute Gasteiger partial charge is 0.237 e. The van der Waals surface area contributed by atoms with Crippen molar-refractivity contribution in [2.45, 2.75) is 0 Å². The van der Waals surface area contributed by atoms with Crippen LogP contribution in [0.4, 0.5) is 11.4 Å². The van der Waals surface area contributed by atoms with Crippen LogP contribution in [0.25, 0.3) is 0 Å². The van der Waals surface area contributed by atoms with Crippen molar-refractivity contribution >= 4 is 21.4 Å². The molecule has 0 N–H and O–H groups in total. The summed E-state index contributed by atoms with van der Waals surface area (Å²) in [5.74, 6) is 0.00946. The number of para-hydroxylation sites is 2. The number of hydrogen-bond acceptors (Lipinski definition) is 5. The van der Waals surface area contributed by atoms with Crippen LogP contribution in [-0.2, 0) is 14.8 Å². The predicted molar refractivity (Wildman–Crippen MR) is 90.2 cm³/mol. The van der Waals surface area contributed by atoms with Gasteiger partial charge in [0.15, 0.2) is 0 Å². The Morgan fingerprint density at radius 3 is 2.50 bits per heavy atom. The highest BCUT2D eigenvalue weighted by Gasteiger charge is 2.30. The lowest BCUT2D eigenvalue weighted by molar-refractivity contribution is 0.217. The third-order valence-corrected chi connectivity index (χ3v) is 5.50. The topological polar surface area (TPSA) is 53.1 Å². The molecule has 0 amide bonds. The summed E-state index contributed by atoms with van der Waals surface area (Å²) in [6.07, 6.45) is 0. The number of rotatable bonds is 7. The summed E-state index contributed by atoms with van der Waals surface area (Å²) < 4.78 is 31.4. The molecule has 1 aromatic carbocycles. The number of fused-ring (bicyclic) bond motifs is 1. The maximum atomic E-state index is 12.5. The van der Waals surface area contributed by atoms with E-state index in [1.54, 1.807) is 0 Å². The van der Waals surface area contributed by atoms with E-state index in [0.29, 0.717) is 13.1 Å². The normalized spacial score (nSPS) is 15.3. The summed E-state index contributed by atoms with van der Waals surface area (Å²) in [6.45, 7) is 3.22. The molecular formula is C15H25N3O3S. The van der Waals surface area contributed by atoms with Crippen molar-refractivity contribution in [2.24, 2.45) is 0 Å². The van der Waals surface area contributed by atoms with Gasteiger partial charge in [-0.15, -0.1) is 0 Å². The molecule has 1 aromatic rings. The molecule has 6 nitrogen and oxygen atoms in total. The Labute approximate surface area is 133 Å². The highest BCUT2D eigenvalue weighted by molar-refractivity contribution is 7.92. The molecule has 124 valence electrons. The summed E-state index contributed by atoms with van der Waals surface area (Å²) in [4.78, 5) is 4.38. The molecule has 22 heavy (non-hydrogen) atoms. The fourth-order valence-electron chi connectivity index (χ4n) is 2.54. The molecule has 0 atom stereocenters. The Balaban J connectivity index is 2.24. The van der Waals surface area contributed by atoms with Gasteiger partial charge in [-0.1, -0.05) is 12.1 Å². The van der Waals surface area contributed by atoms with Crippen molar-refractivity contribution in [3.63, 3.8) is 0 Å². The number of methoxy groups -OCH3 is 1. The lowest BCUT2D eigenvalue weighted by Gasteiger charge is -2.38. The first kappa shape index (κ1) is 17.1. The SMILES string of the molecule is COCCS(=O)(=O)N1CCN(CCN(C)C)c2ccccc21. The second-order valence-corrected chi connectivity index (χ2v) is 7.67. The van der Waals surface area contributed by atoms with Crippen LogP contribution in [0.15, 0.2) is 24.3 Å². The first-order chi connectivity index (χ1) is 10.5. The van der Waals surface area contributed by atoms with E-state index in [4.69, 9.17) is 4.74 Å². The van der Waals surface area contributed by atoms with E-state index >= 15 is 0 Å². The zero-order chi connectivity index (χ0) is 16.2. The fraction of sp³-hybridized carbons (Fsp3) is 0.600. The molecule has 0 fully saturated rings. The average molecular weight is 327 g/mol. The Bertz CT molecular complexity index is 589. The van der Waals surface area contributed by atoms with Crippen LogP contribution >= 0.6 is 0 Å². The molecule has 7 heteroatoms. The van der Waals surface area contributed by atoms with Crippen LogP contribution in [0.3, 0.4) is 0 Å². The van der Waals surface area contributed by atoms with E-state index < -0.39 is 10.0 Å². The quantitative estimate of drug-likeness (QED) is 0.743. The van der Waals surface area contributed by atoms with Gasteiger partial charge < -0.3 is 14.5 Å². The number of sulfonamides is 1. The van der Waals surface area contributed by atoms with Crippen molar-refractivity contribution in [3.8, 4) is 0 Å². The zero-order valence-corrected chi connectivity index (χ0v) is 14.3. The largest absolute Gasteiger partial charge is 0.384 e. The van der Waals surface area contributed by atoms with Crippen LogP contribution < -0.4 is 9.21 Å². The number of anilines is 2. The number of benzene rings is 1. The zero-order valence-electron chi connectivity index (χ0n) is 13.5. The highest BCUT2D eigenvalue weighted by atomic mass is 32.2. The van der Waals surface area contributed by atoms with Gasteiger partial charge in [0.1, 0.15) is 0 Å². The molecule has 0 saturated carbocycles. The Hall–Kier alpha value is -1.31. The van der Waals surface area contributed by atoms with Gasteiger partial charge in [0, 0.05) is 26.7 Å². The second kappa shape index (κ2) is 7.30. The molecule has 1 heterocycles. The third kappa shape index (κ3) is 3.91. The summed E-state index contributed by atoms with van der Waals surface area (Å²) in [5, 5.41) is 0. The van der Waals surface area contributed by atoms with Gasteiger partial charge >= 0.3 is 0 Å². The van der Waals surface area contributed by atoms with Crippen molar-refractivity contribution in [3.05, 3.63) is 24.3 Å². The summed E-state index contributed by atoms with van der Waals surface area (Å²) >= 11 is 0. The van der Waals surface area contributed by atoms with Crippen molar-refractivity contribution in [1.82, 2.24) is 4.90 Å². The molecule has 2 rings (SSSR count). The second-order valence-electron chi connectivity index (χ2n) is 5.66. The average Bonchev–Trinajstić information content (AvgIpc) is 2.50. The van der Waals surface area contributed by atoms with Gasteiger partial charge in [-0.2, -0.15) is 0 Å². The maximum Gasteiger partial charge on any atom is 0.237 e. The molecule has 0 bridgehead atoms. The minimum absolute atomic E-state index is 0.00946. The van der Waals surface area contributed by atoms with Crippen LogP contribution in [0.2, 0.25) is 0 Å². The van der Waals surface area contributed by atoms with Crippen LogP contribution in [0.5, 0.6) is 0 Å². The van der Waals surface area contributed by atoms with Gasteiger partial charge in [0.05, 0.1) is 30.3 Å². The van der Waals surface area contributed by atoms with Gasteiger partial charge in [-0.3, -0.25) is 4.31 Å². The Morgan fingerprint density at radius 1 is 1.18 bits per heavy atom. The predicted octanol–water partition coefficient (Wildman–Crippen LogP) is 0.851. The summed E-state index contributed by atoms with van der Waals surface area (Å²) in [5.41, 5.74) is 1.75. The highest BCUT2D eigenvalue weighted by Crippen LogP contribution is 2.34.